The van der Waals surface area contributed by atoms with Crippen molar-refractivity contribution in [1.82, 2.24) is 5.32 Å². The number of hydrogen-bond acceptors (Lipinski definition) is 6. The van der Waals surface area contributed by atoms with Gasteiger partial charge in [0.15, 0.2) is 6.61 Å². The third-order valence-electron chi connectivity index (χ3n) is 2.32. The zero-order valence-electron chi connectivity index (χ0n) is 10.7. The minimum absolute atomic E-state index is 0.143. The zero-order chi connectivity index (χ0) is 15.8. The first-order valence-corrected chi connectivity index (χ1v) is 5.74. The van der Waals surface area contributed by atoms with Crippen molar-refractivity contribution < 1.29 is 24.4 Å². The summed E-state index contributed by atoms with van der Waals surface area (Å²) < 4.78 is 5.03. The van der Waals surface area contributed by atoms with Crippen molar-refractivity contribution in [2.75, 3.05) is 13.2 Å². The number of carboxylic acid groups (broad SMARTS) is 1. The number of non-ortho nitro benzene ring substituents is 1. The number of carbonyl (C=O) groups is 2. The molecule has 1 aromatic carbocycles. The summed E-state index contributed by atoms with van der Waals surface area (Å²) in [6.07, 6.45) is 0.143. The van der Waals surface area contributed by atoms with Gasteiger partial charge >= 0.3 is 5.97 Å². The van der Waals surface area contributed by atoms with Crippen LogP contribution in [0, 0.1) is 21.4 Å². The van der Waals surface area contributed by atoms with Crippen LogP contribution in [0.3, 0.4) is 0 Å². The molecule has 0 heterocycles. The van der Waals surface area contributed by atoms with Crippen molar-refractivity contribution in [3.05, 3.63) is 33.9 Å². The summed E-state index contributed by atoms with van der Waals surface area (Å²) in [4.78, 5) is 32.2. The molecule has 0 atom stereocenters. The Labute approximate surface area is 118 Å². The first-order chi connectivity index (χ1) is 9.95. The van der Waals surface area contributed by atoms with Crippen LogP contribution < -0.4 is 10.1 Å². The molecule has 9 nitrogen and oxygen atoms in total. The molecule has 0 aliphatic carbocycles. The van der Waals surface area contributed by atoms with Crippen molar-refractivity contribution in [3.63, 3.8) is 0 Å². The van der Waals surface area contributed by atoms with Crippen LogP contribution in [0.25, 0.3) is 0 Å². The van der Waals surface area contributed by atoms with E-state index in [0.717, 1.165) is 18.2 Å². The highest BCUT2D eigenvalue weighted by molar-refractivity contribution is 5.92. The molecule has 110 valence electrons. The van der Waals surface area contributed by atoms with E-state index < -0.39 is 34.7 Å². The fraction of sp³-hybridized carbons (Fsp3) is 0.250. The Morgan fingerprint density at radius 3 is 2.76 bits per heavy atom. The normalized spacial score (nSPS) is 9.48. The molecule has 0 saturated heterocycles. The number of amides is 1. The summed E-state index contributed by atoms with van der Waals surface area (Å²) in [5.41, 5.74) is -0.799. The van der Waals surface area contributed by atoms with E-state index in [4.69, 9.17) is 15.1 Å². The van der Waals surface area contributed by atoms with Crippen molar-refractivity contribution in [3.8, 4) is 11.8 Å². The van der Waals surface area contributed by atoms with Gasteiger partial charge in [0.1, 0.15) is 11.3 Å². The Kier molecular flexibility index (Phi) is 5.64. The van der Waals surface area contributed by atoms with Crippen molar-refractivity contribution in [2.45, 2.75) is 6.42 Å². The monoisotopic (exact) mass is 293 g/mol. The molecule has 0 bridgehead atoms. The smallest absolute Gasteiger partial charge is 0.339 e. The molecule has 1 aromatic rings. The number of carboxylic acids is 1. The van der Waals surface area contributed by atoms with E-state index in [1.54, 1.807) is 0 Å². The maximum Gasteiger partial charge on any atom is 0.339 e. The largest absolute Gasteiger partial charge is 0.483 e. The van der Waals surface area contributed by atoms with Gasteiger partial charge in [-0.2, -0.15) is 5.26 Å². The molecule has 1 amide bonds. The molecule has 0 fully saturated rings. The molecule has 0 saturated carbocycles. The molecule has 0 aromatic heterocycles. The van der Waals surface area contributed by atoms with Crippen LogP contribution in [0.2, 0.25) is 0 Å². The Morgan fingerprint density at radius 1 is 1.48 bits per heavy atom. The standard InChI is InChI=1S/C12H11N3O6/c13-4-1-5-14-11(16)7-21-10-3-2-8(15(19)20)6-9(10)12(17)18/h2-3,6H,1,5,7H2,(H,14,16)(H,17,18). The molecule has 0 spiro atoms. The summed E-state index contributed by atoms with van der Waals surface area (Å²) in [5, 5.41) is 30.2. The van der Waals surface area contributed by atoms with E-state index in [1.807, 2.05) is 6.07 Å². The van der Waals surface area contributed by atoms with Gasteiger partial charge in [-0.3, -0.25) is 14.9 Å². The Bertz CT molecular complexity index is 608. The lowest BCUT2D eigenvalue weighted by Gasteiger charge is -2.08. The van der Waals surface area contributed by atoms with Crippen LogP contribution in [-0.4, -0.2) is 35.1 Å². The molecule has 0 aliphatic rings. The maximum absolute atomic E-state index is 11.3. The molecular weight excluding hydrogens is 282 g/mol. The lowest BCUT2D eigenvalue weighted by molar-refractivity contribution is -0.384. The predicted octanol–water partition coefficient (Wildman–Crippen LogP) is 0.702. The van der Waals surface area contributed by atoms with E-state index in [9.17, 15) is 19.7 Å². The summed E-state index contributed by atoms with van der Waals surface area (Å²) >= 11 is 0. The fourth-order valence-electron chi connectivity index (χ4n) is 1.38. The third kappa shape index (κ3) is 4.79. The molecular formula is C12H11N3O6. The van der Waals surface area contributed by atoms with E-state index in [-0.39, 0.29) is 18.7 Å². The first kappa shape index (κ1) is 15.9. The topological polar surface area (TPSA) is 143 Å². The van der Waals surface area contributed by atoms with Gasteiger partial charge in [-0.1, -0.05) is 0 Å². The van der Waals surface area contributed by atoms with Crippen LogP contribution >= 0.6 is 0 Å². The number of nitro benzene ring substituents is 1. The van der Waals surface area contributed by atoms with Gasteiger partial charge in [0.05, 0.1) is 17.4 Å². The van der Waals surface area contributed by atoms with Gasteiger partial charge in [0, 0.05) is 18.7 Å². The summed E-state index contributed by atoms with van der Waals surface area (Å²) in [6.45, 7) is -0.297. The van der Waals surface area contributed by atoms with Gasteiger partial charge in [0.25, 0.3) is 11.6 Å². The molecule has 21 heavy (non-hydrogen) atoms. The number of rotatable bonds is 7. The van der Waals surface area contributed by atoms with Crippen LogP contribution in [0.15, 0.2) is 18.2 Å². The second-order valence-electron chi connectivity index (χ2n) is 3.79. The zero-order valence-corrected chi connectivity index (χ0v) is 10.7. The lowest BCUT2D eigenvalue weighted by Crippen LogP contribution is -2.29. The molecule has 0 aliphatic heterocycles. The number of nitro groups is 1. The van der Waals surface area contributed by atoms with Crippen molar-refractivity contribution >= 4 is 17.6 Å². The van der Waals surface area contributed by atoms with Gasteiger partial charge < -0.3 is 15.2 Å². The highest BCUT2D eigenvalue weighted by Crippen LogP contribution is 2.24. The van der Waals surface area contributed by atoms with E-state index >= 15 is 0 Å². The van der Waals surface area contributed by atoms with Crippen LogP contribution in [0.1, 0.15) is 16.8 Å². The van der Waals surface area contributed by atoms with Gasteiger partial charge in [-0.15, -0.1) is 0 Å². The second-order valence-corrected chi connectivity index (χ2v) is 3.79. The second kappa shape index (κ2) is 7.44. The minimum Gasteiger partial charge on any atom is -0.483 e. The molecule has 2 N–H and O–H groups in total. The van der Waals surface area contributed by atoms with Crippen molar-refractivity contribution in [1.29, 1.82) is 5.26 Å². The van der Waals surface area contributed by atoms with Crippen LogP contribution in [-0.2, 0) is 4.79 Å². The molecule has 0 unspecified atom stereocenters. The molecule has 9 heteroatoms. The number of hydrogen-bond donors (Lipinski definition) is 2. The summed E-state index contributed by atoms with van der Waals surface area (Å²) in [7, 11) is 0. The highest BCUT2D eigenvalue weighted by Gasteiger charge is 2.17. The van der Waals surface area contributed by atoms with Gasteiger partial charge in [-0.05, 0) is 6.07 Å². The average molecular weight is 293 g/mol. The lowest BCUT2D eigenvalue weighted by atomic mass is 10.2. The average Bonchev–Trinajstić information content (AvgIpc) is 2.45. The number of nitrogens with one attached hydrogen (secondary N) is 1. The quantitative estimate of drug-likeness (QED) is 0.428. The fourth-order valence-corrected chi connectivity index (χ4v) is 1.38. The number of nitriles is 1. The Hall–Kier alpha value is -3.15. The van der Waals surface area contributed by atoms with Crippen LogP contribution in [0.5, 0.6) is 5.75 Å². The first-order valence-electron chi connectivity index (χ1n) is 5.74. The van der Waals surface area contributed by atoms with Crippen molar-refractivity contribution in [2.24, 2.45) is 0 Å². The van der Waals surface area contributed by atoms with Gasteiger partial charge in [-0.25, -0.2) is 4.79 Å². The molecule has 0 radical (unpaired) electrons. The SMILES string of the molecule is N#CCCNC(=O)COc1ccc([N+](=O)[O-])cc1C(=O)O. The number of aromatic carboxylic acids is 1. The maximum atomic E-state index is 11.3. The minimum atomic E-state index is -1.40. The Morgan fingerprint density at radius 2 is 2.19 bits per heavy atom. The predicted molar refractivity (Wildman–Crippen MR) is 68.8 cm³/mol. The van der Waals surface area contributed by atoms with E-state index in [1.165, 1.54) is 0 Å². The Balaban J connectivity index is 2.75. The number of nitrogens with zero attached hydrogens (tertiary/aromatic N) is 2. The third-order valence-corrected chi connectivity index (χ3v) is 2.32. The van der Waals surface area contributed by atoms with Crippen LogP contribution in [0.4, 0.5) is 5.69 Å². The highest BCUT2D eigenvalue weighted by atomic mass is 16.6. The van der Waals surface area contributed by atoms with E-state index in [0.29, 0.717) is 0 Å². The van der Waals surface area contributed by atoms with Gasteiger partial charge in [0.2, 0.25) is 0 Å². The molecule has 1 rings (SSSR count). The number of ether oxygens (including phenoxy) is 1. The number of carbonyl (C=O) groups excluding carboxylic acids is 1. The summed E-state index contributed by atoms with van der Waals surface area (Å²) in [5.74, 6) is -2.08. The number of benzene rings is 1. The van der Waals surface area contributed by atoms with E-state index in [2.05, 4.69) is 5.32 Å². The summed E-state index contributed by atoms with van der Waals surface area (Å²) in [6, 6.07) is 4.89.